The number of fused-ring (bicyclic) bond motifs is 1. The van der Waals surface area contributed by atoms with E-state index in [0.29, 0.717) is 22.6 Å². The lowest BCUT2D eigenvalue weighted by Gasteiger charge is -2.42. The lowest BCUT2D eigenvalue weighted by Crippen LogP contribution is -2.53. The third kappa shape index (κ3) is 3.29. The van der Waals surface area contributed by atoms with Gasteiger partial charge < -0.3 is 14.4 Å². The minimum absolute atomic E-state index is 0.350. The topological polar surface area (TPSA) is 93.2 Å². The fourth-order valence-corrected chi connectivity index (χ4v) is 5.45. The molecule has 3 amide bonds. The molecule has 2 atom stereocenters. The van der Waals surface area contributed by atoms with Gasteiger partial charge in [0.05, 0.1) is 25.8 Å². The van der Waals surface area contributed by atoms with Gasteiger partial charge in [-0.3, -0.25) is 19.2 Å². The molecule has 0 radical (unpaired) electrons. The van der Waals surface area contributed by atoms with E-state index in [1.165, 1.54) is 19.1 Å². The van der Waals surface area contributed by atoms with Crippen molar-refractivity contribution >= 4 is 29.4 Å². The molecule has 8 heteroatoms. The Labute approximate surface area is 208 Å². The summed E-state index contributed by atoms with van der Waals surface area (Å²) >= 11 is 0. The fraction of sp³-hybridized carbons (Fsp3) is 0.214. The smallest absolute Gasteiger partial charge is 0.325 e. The van der Waals surface area contributed by atoms with Gasteiger partial charge in [-0.1, -0.05) is 60.7 Å². The van der Waals surface area contributed by atoms with Crippen LogP contribution in [-0.2, 0) is 29.5 Å². The Morgan fingerprint density at radius 1 is 0.778 bits per heavy atom. The summed E-state index contributed by atoms with van der Waals surface area (Å²) in [7, 11) is 2.76. The van der Waals surface area contributed by atoms with Crippen molar-refractivity contribution in [3.05, 3.63) is 96.1 Å². The van der Waals surface area contributed by atoms with E-state index in [1.807, 2.05) is 12.1 Å². The summed E-state index contributed by atoms with van der Waals surface area (Å²) < 4.78 is 10.1. The number of carbonyl (C=O) groups is 4. The molecule has 0 unspecified atom stereocenters. The molecule has 2 aliphatic heterocycles. The van der Waals surface area contributed by atoms with Gasteiger partial charge in [-0.15, -0.1) is 0 Å². The first-order valence-electron chi connectivity index (χ1n) is 11.5. The summed E-state index contributed by atoms with van der Waals surface area (Å²) in [6.45, 7) is -0.408. The Morgan fingerprint density at radius 3 is 1.83 bits per heavy atom. The van der Waals surface area contributed by atoms with Crippen LogP contribution in [0.4, 0.5) is 5.69 Å². The Balaban J connectivity index is 1.75. The molecule has 0 saturated carbocycles. The van der Waals surface area contributed by atoms with E-state index in [-0.39, 0.29) is 0 Å². The standard InChI is InChI=1S/C28H24N2O6/c1-35-21-15-13-20(14-16-21)30-26(33)23-24(27(30)34)28(18-9-5-3-6-10-18,19-11-7-4-8-12-19)29(25(23)32)17-22(31)36-2/h3-16,23-24H,17H2,1-2H3/t23-,24-/m0/s1. The number of esters is 1. The maximum absolute atomic E-state index is 14.1. The van der Waals surface area contributed by atoms with Crippen molar-refractivity contribution in [2.45, 2.75) is 5.54 Å². The minimum atomic E-state index is -1.40. The van der Waals surface area contributed by atoms with E-state index in [2.05, 4.69) is 0 Å². The van der Waals surface area contributed by atoms with Crippen LogP contribution in [0.3, 0.4) is 0 Å². The monoisotopic (exact) mass is 484 g/mol. The van der Waals surface area contributed by atoms with E-state index in [0.717, 1.165) is 4.90 Å². The zero-order valence-corrected chi connectivity index (χ0v) is 19.8. The van der Waals surface area contributed by atoms with Crippen LogP contribution in [0.15, 0.2) is 84.9 Å². The SMILES string of the molecule is COC(=O)CN1C(=O)[C@H]2C(=O)N(c3ccc(OC)cc3)C(=O)[C@H]2C1(c1ccccc1)c1ccccc1. The first-order chi connectivity index (χ1) is 17.4. The zero-order chi connectivity index (χ0) is 25.4. The Hall–Kier alpha value is -4.46. The van der Waals surface area contributed by atoms with Gasteiger partial charge in [-0.05, 0) is 35.4 Å². The Morgan fingerprint density at radius 2 is 1.33 bits per heavy atom. The van der Waals surface area contributed by atoms with Gasteiger partial charge in [-0.25, -0.2) is 4.90 Å². The summed E-state index contributed by atoms with van der Waals surface area (Å²) in [6, 6.07) is 24.6. The number of carbonyl (C=O) groups excluding carboxylic acids is 4. The highest BCUT2D eigenvalue weighted by molar-refractivity contribution is 6.29. The average Bonchev–Trinajstić information content (AvgIpc) is 3.34. The van der Waals surface area contributed by atoms with Gasteiger partial charge in [-0.2, -0.15) is 0 Å². The molecular formula is C28H24N2O6. The van der Waals surface area contributed by atoms with Crippen LogP contribution in [0, 0.1) is 11.8 Å². The molecule has 0 spiro atoms. The summed E-state index contributed by atoms with van der Waals surface area (Å²) in [5, 5.41) is 0. The molecule has 0 aliphatic carbocycles. The van der Waals surface area contributed by atoms with Crippen LogP contribution in [0.2, 0.25) is 0 Å². The van der Waals surface area contributed by atoms with Crippen molar-refractivity contribution in [2.75, 3.05) is 25.7 Å². The van der Waals surface area contributed by atoms with Gasteiger partial charge >= 0.3 is 5.97 Å². The molecule has 2 aliphatic rings. The summed E-state index contributed by atoms with van der Waals surface area (Å²) in [5.41, 5.74) is 0.201. The molecule has 2 fully saturated rings. The maximum Gasteiger partial charge on any atom is 0.325 e. The number of methoxy groups -OCH3 is 2. The predicted molar refractivity (Wildman–Crippen MR) is 130 cm³/mol. The van der Waals surface area contributed by atoms with Crippen LogP contribution in [0.1, 0.15) is 11.1 Å². The lowest BCUT2D eigenvalue weighted by molar-refractivity contribution is -0.149. The molecule has 2 heterocycles. The molecule has 2 saturated heterocycles. The number of benzene rings is 3. The number of amides is 3. The Bertz CT molecular complexity index is 1280. The van der Waals surface area contributed by atoms with Crippen LogP contribution >= 0.6 is 0 Å². The molecule has 8 nitrogen and oxygen atoms in total. The first kappa shape index (κ1) is 23.3. The summed E-state index contributed by atoms with van der Waals surface area (Å²) in [4.78, 5) is 56.7. The molecule has 3 aromatic rings. The number of nitrogens with zero attached hydrogens (tertiary/aromatic N) is 2. The molecule has 182 valence electrons. The third-order valence-corrected chi connectivity index (χ3v) is 6.99. The lowest BCUT2D eigenvalue weighted by atomic mass is 9.71. The van der Waals surface area contributed by atoms with Gasteiger partial charge in [0, 0.05) is 0 Å². The number of rotatable bonds is 6. The van der Waals surface area contributed by atoms with Crippen molar-refractivity contribution in [3.8, 4) is 5.75 Å². The van der Waals surface area contributed by atoms with Gasteiger partial charge in [0.1, 0.15) is 23.8 Å². The highest BCUT2D eigenvalue weighted by Crippen LogP contribution is 2.55. The minimum Gasteiger partial charge on any atom is -0.497 e. The maximum atomic E-state index is 14.1. The molecule has 3 aromatic carbocycles. The van der Waals surface area contributed by atoms with E-state index in [9.17, 15) is 19.2 Å². The van der Waals surface area contributed by atoms with E-state index in [4.69, 9.17) is 9.47 Å². The van der Waals surface area contributed by atoms with Crippen molar-refractivity contribution in [2.24, 2.45) is 11.8 Å². The highest BCUT2D eigenvalue weighted by atomic mass is 16.5. The Kier molecular flexibility index (Phi) is 5.80. The second-order valence-electron chi connectivity index (χ2n) is 8.66. The number of hydrogen-bond acceptors (Lipinski definition) is 6. The average molecular weight is 485 g/mol. The van der Waals surface area contributed by atoms with Crippen LogP contribution in [0.5, 0.6) is 5.75 Å². The highest BCUT2D eigenvalue weighted by Gasteiger charge is 2.70. The predicted octanol–water partition coefficient (Wildman–Crippen LogP) is 2.76. The summed E-state index contributed by atoms with van der Waals surface area (Å²) in [5.74, 6) is -4.17. The molecule has 5 rings (SSSR count). The van der Waals surface area contributed by atoms with E-state index in [1.54, 1.807) is 72.8 Å². The third-order valence-electron chi connectivity index (χ3n) is 6.99. The quantitative estimate of drug-likeness (QED) is 0.304. The molecule has 36 heavy (non-hydrogen) atoms. The van der Waals surface area contributed by atoms with Crippen molar-refractivity contribution in [1.82, 2.24) is 4.90 Å². The molecular weight excluding hydrogens is 460 g/mol. The van der Waals surface area contributed by atoms with Crippen molar-refractivity contribution in [1.29, 1.82) is 0 Å². The largest absolute Gasteiger partial charge is 0.497 e. The van der Waals surface area contributed by atoms with Crippen molar-refractivity contribution < 1.29 is 28.7 Å². The molecule has 0 bridgehead atoms. The van der Waals surface area contributed by atoms with Crippen LogP contribution in [-0.4, -0.2) is 49.4 Å². The second kappa shape index (κ2) is 8.96. The van der Waals surface area contributed by atoms with E-state index < -0.39 is 47.6 Å². The van der Waals surface area contributed by atoms with Gasteiger partial charge in [0.25, 0.3) is 0 Å². The van der Waals surface area contributed by atoms with E-state index >= 15 is 0 Å². The van der Waals surface area contributed by atoms with Crippen LogP contribution in [0.25, 0.3) is 0 Å². The second-order valence-corrected chi connectivity index (χ2v) is 8.66. The van der Waals surface area contributed by atoms with Crippen LogP contribution < -0.4 is 9.64 Å². The van der Waals surface area contributed by atoms with Crippen molar-refractivity contribution in [3.63, 3.8) is 0 Å². The number of hydrogen-bond donors (Lipinski definition) is 0. The number of imide groups is 1. The molecule has 0 aromatic heterocycles. The number of likely N-dealkylation sites (tertiary alicyclic amines) is 1. The normalized spacial score (nSPS) is 20.4. The summed E-state index contributed by atoms with van der Waals surface area (Å²) in [6.07, 6.45) is 0. The number of ether oxygens (including phenoxy) is 2. The fourth-order valence-electron chi connectivity index (χ4n) is 5.45. The molecule has 0 N–H and O–H groups in total. The number of anilines is 1. The first-order valence-corrected chi connectivity index (χ1v) is 11.5. The zero-order valence-electron chi connectivity index (χ0n) is 19.8. The van der Waals surface area contributed by atoms with Gasteiger partial charge in [0.2, 0.25) is 17.7 Å². The van der Waals surface area contributed by atoms with Gasteiger partial charge in [0.15, 0.2) is 0 Å².